The highest BCUT2D eigenvalue weighted by Crippen LogP contribution is 2.15. The van der Waals surface area contributed by atoms with Gasteiger partial charge in [0, 0.05) is 31.9 Å². The normalized spacial score (nSPS) is 18.2. The van der Waals surface area contributed by atoms with E-state index in [-0.39, 0.29) is 17.4 Å². The number of amides is 1. The van der Waals surface area contributed by atoms with E-state index in [1.54, 1.807) is 18.3 Å². The summed E-state index contributed by atoms with van der Waals surface area (Å²) in [6.07, 6.45) is 3.24. The Balaban J connectivity index is 1.98. The summed E-state index contributed by atoms with van der Waals surface area (Å²) < 4.78 is 1.35. The van der Waals surface area contributed by atoms with Crippen molar-refractivity contribution in [3.8, 4) is 5.82 Å². The van der Waals surface area contributed by atoms with E-state index in [0.717, 1.165) is 0 Å². The molecule has 1 aliphatic heterocycles. The van der Waals surface area contributed by atoms with E-state index in [4.69, 9.17) is 5.73 Å². The van der Waals surface area contributed by atoms with Gasteiger partial charge < -0.3 is 10.8 Å². The van der Waals surface area contributed by atoms with Crippen LogP contribution in [0.3, 0.4) is 0 Å². The van der Waals surface area contributed by atoms with E-state index in [9.17, 15) is 14.7 Å². The third-order valence-electron chi connectivity index (χ3n) is 3.76. The number of hydrogen-bond acceptors (Lipinski definition) is 6. The summed E-state index contributed by atoms with van der Waals surface area (Å²) in [4.78, 5) is 33.9. The van der Waals surface area contributed by atoms with Gasteiger partial charge in [-0.3, -0.25) is 19.1 Å². The molecule has 1 saturated heterocycles. The summed E-state index contributed by atoms with van der Waals surface area (Å²) in [6, 6.07) is 4.76. The molecule has 3 heterocycles. The zero-order valence-corrected chi connectivity index (χ0v) is 12.4. The number of rotatable bonds is 4. The Bertz CT molecular complexity index is 789. The molecule has 8 nitrogen and oxygen atoms in total. The van der Waals surface area contributed by atoms with E-state index in [1.165, 1.54) is 16.8 Å². The minimum Gasteiger partial charge on any atom is -0.392 e. The van der Waals surface area contributed by atoms with Crippen LogP contribution in [0.1, 0.15) is 22.6 Å². The molecule has 2 aromatic rings. The minimum absolute atomic E-state index is 0.0825. The van der Waals surface area contributed by atoms with Crippen molar-refractivity contribution in [2.75, 3.05) is 13.1 Å². The van der Waals surface area contributed by atoms with E-state index in [1.807, 2.05) is 4.90 Å². The Morgan fingerprint density at radius 3 is 2.91 bits per heavy atom. The number of aliphatic hydroxyl groups excluding tert-OH is 1. The van der Waals surface area contributed by atoms with E-state index < -0.39 is 5.91 Å². The molecule has 1 amide bonds. The number of likely N-dealkylation sites (tertiary alicyclic amines) is 1. The average molecular weight is 315 g/mol. The van der Waals surface area contributed by atoms with Gasteiger partial charge in [0.1, 0.15) is 0 Å². The largest absolute Gasteiger partial charge is 0.392 e. The predicted octanol–water partition coefficient (Wildman–Crippen LogP) is -0.707. The molecule has 120 valence electrons. The van der Waals surface area contributed by atoms with Gasteiger partial charge in [-0.25, -0.2) is 9.97 Å². The highest BCUT2D eigenvalue weighted by atomic mass is 16.3. The summed E-state index contributed by atoms with van der Waals surface area (Å²) in [5.41, 5.74) is 5.60. The van der Waals surface area contributed by atoms with E-state index >= 15 is 0 Å². The van der Waals surface area contributed by atoms with Gasteiger partial charge in [0.15, 0.2) is 11.5 Å². The van der Waals surface area contributed by atoms with Gasteiger partial charge in [0.2, 0.25) is 0 Å². The van der Waals surface area contributed by atoms with Crippen molar-refractivity contribution in [3.05, 3.63) is 52.3 Å². The van der Waals surface area contributed by atoms with Crippen molar-refractivity contribution in [1.82, 2.24) is 19.4 Å². The maximum absolute atomic E-state index is 11.9. The summed E-state index contributed by atoms with van der Waals surface area (Å²) in [5, 5.41) is 9.61. The number of carbonyl (C=O) groups is 1. The van der Waals surface area contributed by atoms with Gasteiger partial charge in [-0.05, 0) is 12.5 Å². The summed E-state index contributed by atoms with van der Waals surface area (Å²) >= 11 is 0. The van der Waals surface area contributed by atoms with Crippen LogP contribution >= 0.6 is 0 Å². The summed E-state index contributed by atoms with van der Waals surface area (Å²) in [6.45, 7) is 1.56. The van der Waals surface area contributed by atoms with Crippen LogP contribution in [0.25, 0.3) is 5.82 Å². The van der Waals surface area contributed by atoms with Crippen LogP contribution in [-0.4, -0.2) is 49.6 Å². The second kappa shape index (κ2) is 6.27. The lowest BCUT2D eigenvalue weighted by molar-refractivity contribution is 0.0993. The van der Waals surface area contributed by atoms with Gasteiger partial charge in [-0.2, -0.15) is 0 Å². The van der Waals surface area contributed by atoms with Gasteiger partial charge in [-0.1, -0.05) is 6.07 Å². The molecule has 1 aliphatic rings. The summed E-state index contributed by atoms with van der Waals surface area (Å²) in [7, 11) is 0. The standard InChI is InChI=1S/C15H17N5O3/c16-15(23)14-11(9-19-6-4-10(21)8-19)18-12(7-17-14)20-5-2-1-3-13(20)22/h1-3,5,7,10,21H,4,6,8-9H2,(H2,16,23). The Hall–Kier alpha value is -2.58. The number of nitrogens with zero attached hydrogens (tertiary/aromatic N) is 4. The molecule has 2 aromatic heterocycles. The molecular formula is C15H17N5O3. The number of carbonyl (C=O) groups excluding carboxylic acids is 1. The van der Waals surface area contributed by atoms with Gasteiger partial charge in [-0.15, -0.1) is 0 Å². The quantitative estimate of drug-likeness (QED) is 0.770. The number of pyridine rings is 1. The van der Waals surface area contributed by atoms with Crippen molar-refractivity contribution < 1.29 is 9.90 Å². The van der Waals surface area contributed by atoms with Crippen molar-refractivity contribution in [2.24, 2.45) is 5.73 Å². The van der Waals surface area contributed by atoms with Gasteiger partial charge in [0.25, 0.3) is 11.5 Å². The van der Waals surface area contributed by atoms with E-state index in [0.29, 0.717) is 37.6 Å². The molecule has 1 fully saturated rings. The topological polar surface area (TPSA) is 114 Å². The fraction of sp³-hybridized carbons (Fsp3) is 0.333. The molecule has 0 spiro atoms. The molecule has 3 rings (SSSR count). The zero-order chi connectivity index (χ0) is 16.4. The Labute approximate surface area is 132 Å². The third-order valence-corrected chi connectivity index (χ3v) is 3.76. The van der Waals surface area contributed by atoms with Crippen molar-refractivity contribution in [3.63, 3.8) is 0 Å². The fourth-order valence-corrected chi connectivity index (χ4v) is 2.63. The highest BCUT2D eigenvalue weighted by molar-refractivity contribution is 5.91. The van der Waals surface area contributed by atoms with Crippen LogP contribution in [0.15, 0.2) is 35.4 Å². The SMILES string of the molecule is NC(=O)c1ncc(-n2ccccc2=O)nc1CN1CCC(O)C1. The van der Waals surface area contributed by atoms with Crippen LogP contribution in [0.2, 0.25) is 0 Å². The minimum atomic E-state index is -0.667. The van der Waals surface area contributed by atoms with Crippen molar-refractivity contribution >= 4 is 5.91 Å². The molecule has 0 saturated carbocycles. The second-order valence-corrected chi connectivity index (χ2v) is 5.47. The van der Waals surface area contributed by atoms with Crippen LogP contribution in [-0.2, 0) is 6.54 Å². The fourth-order valence-electron chi connectivity index (χ4n) is 2.63. The number of nitrogens with two attached hydrogens (primary N) is 1. The lowest BCUT2D eigenvalue weighted by Crippen LogP contribution is -2.27. The lowest BCUT2D eigenvalue weighted by atomic mass is 10.2. The smallest absolute Gasteiger partial charge is 0.269 e. The molecule has 23 heavy (non-hydrogen) atoms. The number of aromatic nitrogens is 3. The lowest BCUT2D eigenvalue weighted by Gasteiger charge is -2.16. The molecule has 3 N–H and O–H groups in total. The molecule has 8 heteroatoms. The molecule has 0 aliphatic carbocycles. The first-order valence-electron chi connectivity index (χ1n) is 7.29. The number of β-amino-alcohol motifs (C(OH)–C–C–N with tert-alkyl or cyclic N) is 1. The predicted molar refractivity (Wildman–Crippen MR) is 82.0 cm³/mol. The van der Waals surface area contributed by atoms with Crippen molar-refractivity contribution in [2.45, 2.75) is 19.1 Å². The van der Waals surface area contributed by atoms with Crippen LogP contribution in [0.4, 0.5) is 0 Å². The Morgan fingerprint density at radius 1 is 1.43 bits per heavy atom. The first kappa shape index (κ1) is 15.3. The average Bonchev–Trinajstić information content (AvgIpc) is 2.92. The first-order valence-corrected chi connectivity index (χ1v) is 7.29. The molecule has 0 bridgehead atoms. The van der Waals surface area contributed by atoms with Gasteiger partial charge in [0.05, 0.1) is 18.0 Å². The molecule has 0 radical (unpaired) electrons. The summed E-state index contributed by atoms with van der Waals surface area (Å²) in [5.74, 6) is -0.338. The zero-order valence-electron chi connectivity index (χ0n) is 12.4. The molecule has 1 unspecified atom stereocenters. The number of hydrogen-bond donors (Lipinski definition) is 2. The van der Waals surface area contributed by atoms with E-state index in [2.05, 4.69) is 9.97 Å². The molecule has 0 aromatic carbocycles. The number of aliphatic hydroxyl groups is 1. The van der Waals surface area contributed by atoms with Crippen LogP contribution < -0.4 is 11.3 Å². The van der Waals surface area contributed by atoms with Crippen LogP contribution in [0.5, 0.6) is 0 Å². The van der Waals surface area contributed by atoms with Crippen molar-refractivity contribution in [1.29, 1.82) is 0 Å². The monoisotopic (exact) mass is 315 g/mol. The Kier molecular flexibility index (Phi) is 4.18. The highest BCUT2D eigenvalue weighted by Gasteiger charge is 2.23. The second-order valence-electron chi connectivity index (χ2n) is 5.47. The van der Waals surface area contributed by atoms with Crippen LogP contribution in [0, 0.1) is 0 Å². The third kappa shape index (κ3) is 3.27. The Morgan fingerprint density at radius 2 is 2.26 bits per heavy atom. The molecule has 1 atom stereocenters. The maximum atomic E-state index is 11.9. The number of primary amides is 1. The molecular weight excluding hydrogens is 298 g/mol. The van der Waals surface area contributed by atoms with Gasteiger partial charge >= 0.3 is 0 Å². The maximum Gasteiger partial charge on any atom is 0.269 e. The first-order chi connectivity index (χ1) is 11.0.